The minimum atomic E-state index is -2.96. The van der Waals surface area contributed by atoms with Crippen molar-refractivity contribution >= 4 is 15.7 Å². The van der Waals surface area contributed by atoms with Crippen molar-refractivity contribution in [2.45, 2.75) is 13.3 Å². The Kier molecular flexibility index (Phi) is 5.24. The number of carbonyl (C=O) groups excluding carboxylic acids is 1. The maximum atomic E-state index is 12.7. The molecule has 1 atom stereocenters. The van der Waals surface area contributed by atoms with Gasteiger partial charge in [-0.15, -0.1) is 0 Å². The van der Waals surface area contributed by atoms with Gasteiger partial charge in [-0.25, -0.2) is 13.4 Å². The second kappa shape index (κ2) is 7.83. The predicted octanol–water partition coefficient (Wildman–Crippen LogP) is 3.48. The van der Waals surface area contributed by atoms with Gasteiger partial charge < -0.3 is 9.73 Å². The molecule has 1 amide bonds. The summed E-state index contributed by atoms with van der Waals surface area (Å²) < 4.78 is 29.1. The molecule has 0 aliphatic carbocycles. The van der Waals surface area contributed by atoms with E-state index >= 15 is 0 Å². The summed E-state index contributed by atoms with van der Waals surface area (Å²) in [4.78, 5) is 17.1. The molecule has 0 radical (unpaired) electrons. The van der Waals surface area contributed by atoms with Gasteiger partial charge in [0.1, 0.15) is 0 Å². The van der Waals surface area contributed by atoms with Crippen LogP contribution in [-0.4, -0.2) is 37.4 Å². The first-order valence-electron chi connectivity index (χ1n) is 9.52. The van der Waals surface area contributed by atoms with Crippen LogP contribution in [0.5, 0.6) is 0 Å². The highest BCUT2D eigenvalue weighted by atomic mass is 32.2. The van der Waals surface area contributed by atoms with Crippen LogP contribution in [0.1, 0.15) is 22.3 Å². The number of benzene rings is 2. The second-order valence-electron chi connectivity index (χ2n) is 7.42. The predicted molar refractivity (Wildman–Crippen MR) is 111 cm³/mol. The van der Waals surface area contributed by atoms with E-state index in [1.54, 1.807) is 24.4 Å². The maximum Gasteiger partial charge on any atom is 0.252 e. The average molecular weight is 410 g/mol. The first-order valence-corrected chi connectivity index (χ1v) is 11.3. The van der Waals surface area contributed by atoms with Crippen LogP contribution in [0, 0.1) is 12.8 Å². The van der Waals surface area contributed by atoms with Gasteiger partial charge in [0.05, 0.1) is 23.3 Å². The molecule has 1 N–H and O–H groups in total. The van der Waals surface area contributed by atoms with E-state index in [1.807, 2.05) is 37.3 Å². The number of carbonyl (C=O) groups is 1. The number of hydrogen-bond acceptors (Lipinski definition) is 5. The number of sulfone groups is 1. The molecule has 0 spiro atoms. The van der Waals surface area contributed by atoms with Crippen molar-refractivity contribution in [1.29, 1.82) is 0 Å². The normalized spacial score (nSPS) is 17.9. The number of hydrogen-bond donors (Lipinski definition) is 1. The Hall–Kier alpha value is -2.93. The largest absolute Gasteiger partial charge is 0.436 e. The highest BCUT2D eigenvalue weighted by Gasteiger charge is 2.28. The Morgan fingerprint density at radius 2 is 1.93 bits per heavy atom. The molecule has 1 fully saturated rings. The maximum absolute atomic E-state index is 12.7. The van der Waals surface area contributed by atoms with Crippen molar-refractivity contribution in [2.75, 3.05) is 18.1 Å². The molecular formula is C22H22N2O4S. The quantitative estimate of drug-likeness (QED) is 0.696. The SMILES string of the molecule is Cc1ccc(-c2cnc(-c3ccccc3C(=O)NC[C@H]3CCS(=O)(=O)C3)o2)cc1. The monoisotopic (exact) mass is 410 g/mol. The van der Waals surface area contributed by atoms with Crippen molar-refractivity contribution in [3.05, 3.63) is 65.9 Å². The zero-order valence-electron chi connectivity index (χ0n) is 16.1. The van der Waals surface area contributed by atoms with E-state index in [2.05, 4.69) is 10.3 Å². The molecular weight excluding hydrogens is 388 g/mol. The Bertz CT molecular complexity index is 1130. The Morgan fingerprint density at radius 3 is 2.66 bits per heavy atom. The summed E-state index contributed by atoms with van der Waals surface area (Å²) in [5, 5.41) is 2.86. The molecule has 3 aromatic rings. The molecule has 4 rings (SSSR count). The molecule has 0 bridgehead atoms. The van der Waals surface area contributed by atoms with Gasteiger partial charge in [-0.05, 0) is 31.4 Å². The van der Waals surface area contributed by atoms with E-state index in [0.29, 0.717) is 35.7 Å². The summed E-state index contributed by atoms with van der Waals surface area (Å²) in [7, 11) is -2.96. The Labute approximate surface area is 169 Å². The molecule has 1 aliphatic heterocycles. The zero-order chi connectivity index (χ0) is 20.4. The average Bonchev–Trinajstić information content (AvgIpc) is 3.33. The van der Waals surface area contributed by atoms with Gasteiger partial charge in [-0.2, -0.15) is 0 Å². The van der Waals surface area contributed by atoms with Gasteiger partial charge in [-0.1, -0.05) is 42.0 Å². The fourth-order valence-corrected chi connectivity index (χ4v) is 5.34. The number of aromatic nitrogens is 1. The fraction of sp³-hybridized carbons (Fsp3) is 0.273. The highest BCUT2D eigenvalue weighted by molar-refractivity contribution is 7.91. The van der Waals surface area contributed by atoms with Gasteiger partial charge in [0.25, 0.3) is 5.91 Å². The summed E-state index contributed by atoms with van der Waals surface area (Å²) in [6.07, 6.45) is 2.24. The first kappa shape index (κ1) is 19.4. The van der Waals surface area contributed by atoms with Crippen molar-refractivity contribution in [3.63, 3.8) is 0 Å². The number of aryl methyl sites for hydroxylation is 1. The summed E-state index contributed by atoms with van der Waals surface area (Å²) in [6, 6.07) is 15.0. The van der Waals surface area contributed by atoms with Crippen LogP contribution in [0.15, 0.2) is 59.1 Å². The lowest BCUT2D eigenvalue weighted by Crippen LogP contribution is -2.30. The second-order valence-corrected chi connectivity index (χ2v) is 9.65. The third-order valence-corrected chi connectivity index (χ3v) is 6.96. The molecule has 0 unspecified atom stereocenters. The number of oxazole rings is 1. The first-order chi connectivity index (χ1) is 13.9. The van der Waals surface area contributed by atoms with Gasteiger partial charge >= 0.3 is 0 Å². The number of nitrogens with one attached hydrogen (secondary N) is 1. The van der Waals surface area contributed by atoms with E-state index < -0.39 is 9.84 Å². The minimum Gasteiger partial charge on any atom is -0.436 e. The van der Waals surface area contributed by atoms with Crippen LogP contribution < -0.4 is 5.32 Å². The molecule has 7 heteroatoms. The van der Waals surface area contributed by atoms with Gasteiger partial charge in [0.15, 0.2) is 15.6 Å². The van der Waals surface area contributed by atoms with Gasteiger partial charge in [0, 0.05) is 17.7 Å². The lowest BCUT2D eigenvalue weighted by atomic mass is 10.1. The fourth-order valence-electron chi connectivity index (χ4n) is 3.48. The summed E-state index contributed by atoms with van der Waals surface area (Å²) in [5.74, 6) is 1.03. The molecule has 1 aromatic heterocycles. The Morgan fingerprint density at radius 1 is 1.17 bits per heavy atom. The standard InChI is InChI=1S/C22H22N2O4S/c1-15-6-8-17(9-7-15)20-13-24-22(28-20)19-5-3-2-4-18(19)21(25)23-12-16-10-11-29(26,27)14-16/h2-9,13,16H,10-12,14H2,1H3,(H,23,25)/t16-/m1/s1. The molecule has 2 heterocycles. The topological polar surface area (TPSA) is 89.3 Å². The van der Waals surface area contributed by atoms with E-state index in [4.69, 9.17) is 4.42 Å². The lowest BCUT2D eigenvalue weighted by Gasteiger charge is -2.11. The van der Waals surface area contributed by atoms with Crippen molar-refractivity contribution in [2.24, 2.45) is 5.92 Å². The number of rotatable bonds is 5. The molecule has 6 nitrogen and oxygen atoms in total. The van der Waals surface area contributed by atoms with Crippen LogP contribution in [0.3, 0.4) is 0 Å². The van der Waals surface area contributed by atoms with Crippen molar-refractivity contribution in [3.8, 4) is 22.8 Å². The number of amides is 1. The number of nitrogens with zero attached hydrogens (tertiary/aromatic N) is 1. The van der Waals surface area contributed by atoms with Crippen molar-refractivity contribution in [1.82, 2.24) is 10.3 Å². The van der Waals surface area contributed by atoms with Crippen LogP contribution in [0.2, 0.25) is 0 Å². The molecule has 0 saturated carbocycles. The lowest BCUT2D eigenvalue weighted by molar-refractivity contribution is 0.0949. The summed E-state index contributed by atoms with van der Waals surface area (Å²) in [5.41, 5.74) is 3.12. The molecule has 2 aromatic carbocycles. The van der Waals surface area contributed by atoms with Crippen LogP contribution in [0.4, 0.5) is 0 Å². The minimum absolute atomic E-state index is 0.0361. The van der Waals surface area contributed by atoms with Gasteiger partial charge in [0.2, 0.25) is 5.89 Å². The smallest absolute Gasteiger partial charge is 0.252 e. The molecule has 150 valence electrons. The third kappa shape index (κ3) is 4.40. The Balaban J connectivity index is 1.52. The van der Waals surface area contributed by atoms with Gasteiger partial charge in [-0.3, -0.25) is 4.79 Å². The van der Waals surface area contributed by atoms with E-state index in [9.17, 15) is 13.2 Å². The van der Waals surface area contributed by atoms with E-state index in [0.717, 1.165) is 11.1 Å². The third-order valence-electron chi connectivity index (χ3n) is 5.12. The zero-order valence-corrected chi connectivity index (χ0v) is 16.9. The molecule has 29 heavy (non-hydrogen) atoms. The molecule has 1 aliphatic rings. The van der Waals surface area contributed by atoms with Crippen LogP contribution in [0.25, 0.3) is 22.8 Å². The van der Waals surface area contributed by atoms with Crippen LogP contribution in [-0.2, 0) is 9.84 Å². The van der Waals surface area contributed by atoms with Crippen LogP contribution >= 0.6 is 0 Å². The summed E-state index contributed by atoms with van der Waals surface area (Å²) >= 11 is 0. The molecule has 1 saturated heterocycles. The van der Waals surface area contributed by atoms with Crippen molar-refractivity contribution < 1.29 is 17.6 Å². The highest BCUT2D eigenvalue weighted by Crippen LogP contribution is 2.28. The summed E-state index contributed by atoms with van der Waals surface area (Å²) in [6.45, 7) is 2.36. The van der Waals surface area contributed by atoms with E-state index in [-0.39, 0.29) is 23.3 Å². The van der Waals surface area contributed by atoms with E-state index in [1.165, 1.54) is 0 Å².